The molecule has 6 heteroatoms. The lowest BCUT2D eigenvalue weighted by Gasteiger charge is -2.19. The Labute approximate surface area is 135 Å². The van der Waals surface area contributed by atoms with Crippen LogP contribution in [0, 0.1) is 0 Å². The maximum absolute atomic E-state index is 12.6. The molecule has 23 heavy (non-hydrogen) atoms. The predicted octanol–water partition coefficient (Wildman–Crippen LogP) is 2.50. The Morgan fingerprint density at radius 3 is 3.09 bits per heavy atom. The highest BCUT2D eigenvalue weighted by Gasteiger charge is 2.20. The molecule has 122 valence electrons. The van der Waals surface area contributed by atoms with Gasteiger partial charge in [0.15, 0.2) is 0 Å². The van der Waals surface area contributed by atoms with Gasteiger partial charge in [0.25, 0.3) is 5.91 Å². The molecule has 1 amide bonds. The van der Waals surface area contributed by atoms with Crippen molar-refractivity contribution in [3.8, 4) is 5.75 Å². The average molecular weight is 314 g/mol. The molecule has 1 unspecified atom stereocenters. The highest BCUT2D eigenvalue weighted by molar-refractivity contribution is 5.94. The maximum atomic E-state index is 12.6. The van der Waals surface area contributed by atoms with Crippen molar-refractivity contribution in [2.75, 3.05) is 6.61 Å². The summed E-state index contributed by atoms with van der Waals surface area (Å²) in [6, 6.07) is 5.49. The van der Waals surface area contributed by atoms with Gasteiger partial charge in [-0.1, -0.05) is 6.92 Å². The molecule has 0 spiro atoms. The van der Waals surface area contributed by atoms with Gasteiger partial charge in [-0.25, -0.2) is 9.67 Å². The second-order valence-corrected chi connectivity index (χ2v) is 5.64. The van der Waals surface area contributed by atoms with E-state index in [9.17, 15) is 4.79 Å². The summed E-state index contributed by atoms with van der Waals surface area (Å²) >= 11 is 0. The van der Waals surface area contributed by atoms with Crippen LogP contribution in [-0.2, 0) is 13.0 Å². The van der Waals surface area contributed by atoms with Gasteiger partial charge in [-0.15, -0.1) is 0 Å². The van der Waals surface area contributed by atoms with Crippen molar-refractivity contribution in [1.29, 1.82) is 0 Å². The van der Waals surface area contributed by atoms with Gasteiger partial charge >= 0.3 is 0 Å². The van der Waals surface area contributed by atoms with Crippen LogP contribution in [-0.4, -0.2) is 27.3 Å². The highest BCUT2D eigenvalue weighted by atomic mass is 16.5. The maximum Gasteiger partial charge on any atom is 0.251 e. The van der Waals surface area contributed by atoms with E-state index < -0.39 is 0 Å². The first-order chi connectivity index (χ1) is 11.2. The lowest BCUT2D eigenvalue weighted by Crippen LogP contribution is -2.30. The van der Waals surface area contributed by atoms with E-state index in [1.54, 1.807) is 0 Å². The number of fused-ring (bicyclic) bond motifs is 1. The number of benzene rings is 1. The molecular weight excluding hydrogens is 292 g/mol. The molecule has 1 aromatic carbocycles. The van der Waals surface area contributed by atoms with E-state index in [-0.39, 0.29) is 11.9 Å². The summed E-state index contributed by atoms with van der Waals surface area (Å²) in [4.78, 5) is 16.9. The van der Waals surface area contributed by atoms with Crippen molar-refractivity contribution >= 4 is 5.91 Å². The molecule has 0 bridgehead atoms. The van der Waals surface area contributed by atoms with Crippen LogP contribution in [0.15, 0.2) is 24.5 Å². The van der Waals surface area contributed by atoms with Crippen LogP contribution >= 0.6 is 0 Å². The molecule has 2 heterocycles. The van der Waals surface area contributed by atoms with Gasteiger partial charge in [-0.3, -0.25) is 4.79 Å². The number of carbonyl (C=O) groups is 1. The van der Waals surface area contributed by atoms with E-state index in [0.717, 1.165) is 49.6 Å². The van der Waals surface area contributed by atoms with Crippen LogP contribution in [0.5, 0.6) is 5.75 Å². The molecule has 0 aliphatic carbocycles. The zero-order valence-corrected chi connectivity index (χ0v) is 13.6. The fraction of sp³-hybridized carbons (Fsp3) is 0.471. The topological polar surface area (TPSA) is 69.0 Å². The van der Waals surface area contributed by atoms with Gasteiger partial charge in [0.05, 0.1) is 12.6 Å². The largest absolute Gasteiger partial charge is 0.493 e. The highest BCUT2D eigenvalue weighted by Crippen LogP contribution is 2.26. The third-order valence-electron chi connectivity index (χ3n) is 4.14. The Hall–Kier alpha value is -2.37. The molecule has 1 atom stereocenters. The van der Waals surface area contributed by atoms with E-state index in [0.29, 0.717) is 5.56 Å². The molecule has 1 aliphatic rings. The standard InChI is InChI=1S/C17H22N4O2/c1-3-14(16-18-11-19-21(16)4-2)20-17(22)13-7-8-15-12(10-13)6-5-9-23-15/h7-8,10-11,14H,3-6,9H2,1-2H3,(H,20,22). The van der Waals surface area contributed by atoms with Gasteiger partial charge in [-0.2, -0.15) is 5.10 Å². The lowest BCUT2D eigenvalue weighted by atomic mass is 10.0. The summed E-state index contributed by atoms with van der Waals surface area (Å²) in [7, 11) is 0. The van der Waals surface area contributed by atoms with Crippen LogP contribution in [0.2, 0.25) is 0 Å². The first-order valence-corrected chi connectivity index (χ1v) is 8.17. The fourth-order valence-corrected chi connectivity index (χ4v) is 2.88. The van der Waals surface area contributed by atoms with Crippen LogP contribution in [0.25, 0.3) is 0 Å². The van der Waals surface area contributed by atoms with Crippen LogP contribution in [0.3, 0.4) is 0 Å². The summed E-state index contributed by atoms with van der Waals surface area (Å²) < 4.78 is 7.41. The van der Waals surface area contributed by atoms with Crippen molar-refractivity contribution in [1.82, 2.24) is 20.1 Å². The molecule has 0 radical (unpaired) electrons. The number of carbonyl (C=O) groups excluding carboxylic acids is 1. The Kier molecular flexibility index (Phi) is 4.60. The number of aryl methyl sites for hydroxylation is 2. The van der Waals surface area contributed by atoms with Gasteiger partial charge in [-0.05, 0) is 49.9 Å². The fourth-order valence-electron chi connectivity index (χ4n) is 2.88. The molecule has 1 N–H and O–H groups in total. The second kappa shape index (κ2) is 6.81. The number of amides is 1. The van der Waals surface area contributed by atoms with E-state index in [1.807, 2.05) is 36.7 Å². The van der Waals surface area contributed by atoms with E-state index in [4.69, 9.17) is 4.74 Å². The van der Waals surface area contributed by atoms with Crippen molar-refractivity contribution < 1.29 is 9.53 Å². The summed E-state index contributed by atoms with van der Waals surface area (Å²) in [5, 5.41) is 7.24. The SMILES string of the molecule is CCC(NC(=O)c1ccc2c(c1)CCCO2)c1ncnn1CC. The van der Waals surface area contributed by atoms with Crippen molar-refractivity contribution in [3.63, 3.8) is 0 Å². The number of ether oxygens (including phenoxy) is 1. The first-order valence-electron chi connectivity index (χ1n) is 8.17. The minimum atomic E-state index is -0.141. The smallest absolute Gasteiger partial charge is 0.251 e. The zero-order chi connectivity index (χ0) is 16.2. The minimum absolute atomic E-state index is 0.0872. The molecule has 3 rings (SSSR count). The monoisotopic (exact) mass is 314 g/mol. The number of rotatable bonds is 5. The summed E-state index contributed by atoms with van der Waals surface area (Å²) in [5.74, 6) is 1.60. The summed E-state index contributed by atoms with van der Waals surface area (Å²) in [5.41, 5.74) is 1.77. The second-order valence-electron chi connectivity index (χ2n) is 5.64. The Bertz CT molecular complexity index is 696. The molecule has 2 aromatic rings. The van der Waals surface area contributed by atoms with Crippen molar-refractivity contribution in [2.24, 2.45) is 0 Å². The number of hydrogen-bond donors (Lipinski definition) is 1. The number of nitrogens with zero attached hydrogens (tertiary/aromatic N) is 3. The molecule has 1 aliphatic heterocycles. The van der Waals surface area contributed by atoms with Gasteiger partial charge in [0.2, 0.25) is 0 Å². The Balaban J connectivity index is 1.77. The normalized spacial score (nSPS) is 14.7. The van der Waals surface area contributed by atoms with Gasteiger partial charge < -0.3 is 10.1 Å². The van der Waals surface area contributed by atoms with Crippen molar-refractivity contribution in [3.05, 3.63) is 41.5 Å². The van der Waals surface area contributed by atoms with Crippen LogP contribution in [0.1, 0.15) is 54.5 Å². The summed E-state index contributed by atoms with van der Waals surface area (Å²) in [6.07, 6.45) is 4.25. The minimum Gasteiger partial charge on any atom is -0.493 e. The number of hydrogen-bond acceptors (Lipinski definition) is 4. The molecular formula is C17H22N4O2. The molecule has 0 saturated heterocycles. The molecule has 1 aromatic heterocycles. The lowest BCUT2D eigenvalue weighted by molar-refractivity contribution is 0.0932. The average Bonchev–Trinajstić information content (AvgIpc) is 3.07. The third-order valence-corrected chi connectivity index (χ3v) is 4.14. The van der Waals surface area contributed by atoms with Gasteiger partial charge in [0, 0.05) is 12.1 Å². The Morgan fingerprint density at radius 1 is 1.43 bits per heavy atom. The van der Waals surface area contributed by atoms with Crippen LogP contribution < -0.4 is 10.1 Å². The first kappa shape index (κ1) is 15.5. The summed E-state index contributed by atoms with van der Waals surface area (Å²) in [6.45, 7) is 5.53. The third kappa shape index (κ3) is 3.21. The Morgan fingerprint density at radius 2 is 2.30 bits per heavy atom. The predicted molar refractivity (Wildman–Crippen MR) is 86.5 cm³/mol. The van der Waals surface area contributed by atoms with Crippen LogP contribution in [0.4, 0.5) is 0 Å². The number of aromatic nitrogens is 3. The van der Waals surface area contributed by atoms with E-state index in [2.05, 4.69) is 15.4 Å². The van der Waals surface area contributed by atoms with Gasteiger partial charge in [0.1, 0.15) is 17.9 Å². The zero-order valence-electron chi connectivity index (χ0n) is 13.6. The number of nitrogens with one attached hydrogen (secondary N) is 1. The molecule has 6 nitrogen and oxygen atoms in total. The van der Waals surface area contributed by atoms with E-state index in [1.165, 1.54) is 6.33 Å². The van der Waals surface area contributed by atoms with E-state index >= 15 is 0 Å². The molecule has 0 saturated carbocycles. The van der Waals surface area contributed by atoms with Crippen molar-refractivity contribution in [2.45, 2.75) is 45.7 Å². The quantitative estimate of drug-likeness (QED) is 0.920. The molecule has 0 fully saturated rings.